The minimum Gasteiger partial charge on any atom is -0.468 e. The molecule has 2 aromatic rings. The van der Waals surface area contributed by atoms with Gasteiger partial charge in [0.2, 0.25) is 10.0 Å². The molecule has 1 aromatic heterocycles. The number of halogens is 4. The Labute approximate surface area is 166 Å². The predicted octanol–water partition coefficient (Wildman–Crippen LogP) is 4.24. The highest BCUT2D eigenvalue weighted by Crippen LogP contribution is 2.37. The lowest BCUT2D eigenvalue weighted by Gasteiger charge is -2.36. The maximum absolute atomic E-state index is 13.3. The summed E-state index contributed by atoms with van der Waals surface area (Å²) in [5, 5.41) is -0.539. The van der Waals surface area contributed by atoms with Gasteiger partial charge in [0.15, 0.2) is 0 Å². The molecule has 1 aromatic carbocycles. The molecule has 28 heavy (non-hydrogen) atoms. The van der Waals surface area contributed by atoms with Crippen molar-refractivity contribution in [1.29, 1.82) is 0 Å². The van der Waals surface area contributed by atoms with E-state index in [2.05, 4.69) is 4.90 Å². The lowest BCUT2D eigenvalue weighted by atomic mass is 10.1. The average molecular weight is 437 g/mol. The van der Waals surface area contributed by atoms with E-state index in [1.54, 1.807) is 12.1 Å². The summed E-state index contributed by atoms with van der Waals surface area (Å²) in [6, 6.07) is 5.62. The summed E-state index contributed by atoms with van der Waals surface area (Å²) in [5.74, 6) is 0.424. The van der Waals surface area contributed by atoms with E-state index >= 15 is 0 Å². The van der Waals surface area contributed by atoms with Crippen LogP contribution in [0.4, 0.5) is 13.2 Å². The van der Waals surface area contributed by atoms with E-state index in [1.807, 2.05) is 7.05 Å². The third-order valence-electron chi connectivity index (χ3n) is 4.84. The van der Waals surface area contributed by atoms with Crippen molar-refractivity contribution in [3.05, 3.63) is 52.9 Å². The summed E-state index contributed by atoms with van der Waals surface area (Å²) >= 11 is 5.64. The van der Waals surface area contributed by atoms with E-state index in [-0.39, 0.29) is 12.6 Å². The maximum atomic E-state index is 13.3. The molecule has 1 saturated heterocycles. The second kappa shape index (κ2) is 8.06. The molecule has 0 aliphatic carbocycles. The number of hydrogen-bond acceptors (Lipinski definition) is 4. The molecule has 0 amide bonds. The predicted molar refractivity (Wildman–Crippen MR) is 98.4 cm³/mol. The number of furan rings is 1. The Hall–Kier alpha value is -1.55. The number of nitrogens with zero attached hydrogens (tertiary/aromatic N) is 2. The van der Waals surface area contributed by atoms with Gasteiger partial charge in [-0.05, 0) is 63.3 Å². The molecule has 0 spiro atoms. The van der Waals surface area contributed by atoms with Gasteiger partial charge in [-0.1, -0.05) is 11.6 Å². The number of hydrogen-bond donors (Lipinski definition) is 0. The van der Waals surface area contributed by atoms with Crippen LogP contribution in [0, 0.1) is 0 Å². The molecule has 0 N–H and O–H groups in total. The molecule has 3 rings (SSSR count). The van der Waals surface area contributed by atoms with Crippen LogP contribution in [0.2, 0.25) is 5.02 Å². The van der Waals surface area contributed by atoms with Gasteiger partial charge in [-0.15, -0.1) is 0 Å². The molecule has 154 valence electrons. The average Bonchev–Trinajstić information content (AvgIpc) is 3.13. The molecule has 1 fully saturated rings. The molecule has 0 saturated carbocycles. The molecule has 5 nitrogen and oxygen atoms in total. The summed E-state index contributed by atoms with van der Waals surface area (Å²) in [4.78, 5) is 1.65. The fourth-order valence-electron chi connectivity index (χ4n) is 3.27. The van der Waals surface area contributed by atoms with Gasteiger partial charge >= 0.3 is 6.18 Å². The van der Waals surface area contributed by atoms with Crippen LogP contribution in [0.1, 0.15) is 24.2 Å². The van der Waals surface area contributed by atoms with E-state index in [0.717, 1.165) is 12.1 Å². The summed E-state index contributed by atoms with van der Waals surface area (Å²) in [7, 11) is -2.26. The molecule has 10 heteroatoms. The normalized spacial score (nSPS) is 17.4. The first-order valence-electron chi connectivity index (χ1n) is 8.68. The molecule has 1 aliphatic rings. The van der Waals surface area contributed by atoms with Gasteiger partial charge in [0.05, 0.1) is 28.3 Å². The van der Waals surface area contributed by atoms with Crippen LogP contribution in [0.25, 0.3) is 0 Å². The molecular weight excluding hydrogens is 417 g/mol. The highest BCUT2D eigenvalue weighted by molar-refractivity contribution is 7.89. The Balaban J connectivity index is 2.00. The maximum Gasteiger partial charge on any atom is 0.417 e. The Morgan fingerprint density at radius 3 is 2.50 bits per heavy atom. The summed E-state index contributed by atoms with van der Waals surface area (Å²) in [6.07, 6.45) is -2.16. The van der Waals surface area contributed by atoms with E-state index in [0.29, 0.717) is 37.8 Å². The standard InChI is InChI=1S/C18H20ClF3N2O3S/c1-23-8-6-13(7-9-23)24(12-14-3-2-10-27-14)28(25,26)15-4-5-17(19)16(11-15)18(20,21)22/h2-5,10-11,13H,6-9,12H2,1H3. The van der Waals surface area contributed by atoms with Gasteiger partial charge < -0.3 is 9.32 Å². The Morgan fingerprint density at radius 1 is 1.25 bits per heavy atom. The van der Waals surface area contributed by atoms with E-state index in [9.17, 15) is 21.6 Å². The fraction of sp³-hybridized carbons (Fsp3) is 0.444. The minimum atomic E-state index is -4.75. The first-order valence-corrected chi connectivity index (χ1v) is 10.5. The molecule has 2 heterocycles. The summed E-state index contributed by atoms with van der Waals surface area (Å²) < 4.78 is 72.7. The smallest absolute Gasteiger partial charge is 0.417 e. The van der Waals surface area contributed by atoms with Crippen LogP contribution in [-0.2, 0) is 22.7 Å². The van der Waals surface area contributed by atoms with Gasteiger partial charge in [0, 0.05) is 6.04 Å². The van der Waals surface area contributed by atoms with Crippen molar-refractivity contribution >= 4 is 21.6 Å². The van der Waals surface area contributed by atoms with Gasteiger partial charge in [0.1, 0.15) is 5.76 Å². The van der Waals surface area contributed by atoms with E-state index in [4.69, 9.17) is 16.0 Å². The number of piperidine rings is 1. The fourth-order valence-corrected chi connectivity index (χ4v) is 5.17. The SMILES string of the molecule is CN1CCC(N(Cc2ccco2)S(=O)(=O)c2ccc(Cl)c(C(F)(F)F)c2)CC1. The van der Waals surface area contributed by atoms with Crippen LogP contribution >= 0.6 is 11.6 Å². The lowest BCUT2D eigenvalue weighted by molar-refractivity contribution is -0.137. The Bertz CT molecular complexity index is 909. The Morgan fingerprint density at radius 2 is 1.93 bits per heavy atom. The third kappa shape index (κ3) is 4.53. The molecule has 0 atom stereocenters. The number of alkyl halides is 3. The second-order valence-electron chi connectivity index (χ2n) is 6.80. The van der Waals surface area contributed by atoms with Crippen molar-refractivity contribution in [1.82, 2.24) is 9.21 Å². The minimum absolute atomic E-state index is 0.0479. The van der Waals surface area contributed by atoms with E-state index in [1.165, 1.54) is 10.6 Å². The number of benzene rings is 1. The van der Waals surface area contributed by atoms with Crippen molar-refractivity contribution in [2.45, 2.75) is 36.5 Å². The highest BCUT2D eigenvalue weighted by atomic mass is 35.5. The molecule has 0 bridgehead atoms. The number of likely N-dealkylation sites (tertiary alicyclic amines) is 1. The molecule has 1 aliphatic heterocycles. The molecular formula is C18H20ClF3N2O3S. The van der Waals surface area contributed by atoms with Gasteiger partial charge in [-0.3, -0.25) is 0 Å². The van der Waals surface area contributed by atoms with Crippen LogP contribution < -0.4 is 0 Å². The lowest BCUT2D eigenvalue weighted by Crippen LogP contribution is -2.46. The van der Waals surface area contributed by atoms with Gasteiger partial charge in [-0.25, -0.2) is 8.42 Å². The van der Waals surface area contributed by atoms with E-state index < -0.39 is 31.7 Å². The molecule has 0 unspecified atom stereocenters. The Kier molecular flexibility index (Phi) is 6.09. The van der Waals surface area contributed by atoms with Crippen LogP contribution in [-0.4, -0.2) is 43.8 Å². The van der Waals surface area contributed by atoms with Gasteiger partial charge in [-0.2, -0.15) is 17.5 Å². The van der Waals surface area contributed by atoms with Crippen molar-refractivity contribution in [3.8, 4) is 0 Å². The summed E-state index contributed by atoms with van der Waals surface area (Å²) in [6.45, 7) is 1.35. The second-order valence-corrected chi connectivity index (χ2v) is 9.10. The van der Waals surface area contributed by atoms with Crippen molar-refractivity contribution in [2.24, 2.45) is 0 Å². The van der Waals surface area contributed by atoms with Gasteiger partial charge in [0.25, 0.3) is 0 Å². The van der Waals surface area contributed by atoms with Crippen LogP contribution in [0.15, 0.2) is 45.9 Å². The van der Waals surface area contributed by atoms with Crippen molar-refractivity contribution in [2.75, 3.05) is 20.1 Å². The number of sulfonamides is 1. The quantitative estimate of drug-likeness (QED) is 0.703. The first kappa shape index (κ1) is 21.2. The van der Waals surface area contributed by atoms with Crippen LogP contribution in [0.5, 0.6) is 0 Å². The topological polar surface area (TPSA) is 53.8 Å². The monoisotopic (exact) mass is 436 g/mol. The zero-order valence-corrected chi connectivity index (χ0v) is 16.7. The van der Waals surface area contributed by atoms with Crippen molar-refractivity contribution in [3.63, 3.8) is 0 Å². The van der Waals surface area contributed by atoms with Crippen LogP contribution in [0.3, 0.4) is 0 Å². The largest absolute Gasteiger partial charge is 0.468 e. The summed E-state index contributed by atoms with van der Waals surface area (Å²) in [5.41, 5.74) is -1.17. The van der Waals surface area contributed by atoms with Crippen molar-refractivity contribution < 1.29 is 26.0 Å². The zero-order valence-electron chi connectivity index (χ0n) is 15.1. The zero-order chi connectivity index (χ0) is 20.5. The highest BCUT2D eigenvalue weighted by Gasteiger charge is 2.38. The molecule has 0 radical (unpaired) electrons. The first-order chi connectivity index (χ1) is 13.1. The number of rotatable bonds is 5. The third-order valence-corrected chi connectivity index (χ3v) is 7.06.